The van der Waals surface area contributed by atoms with Gasteiger partial charge in [-0.25, -0.2) is 13.6 Å². The molecule has 1 spiro atoms. The second-order valence-electron chi connectivity index (χ2n) is 7.00. The Labute approximate surface area is 162 Å². The molecule has 0 radical (unpaired) electrons. The summed E-state index contributed by atoms with van der Waals surface area (Å²) in [6, 6.07) is 0.869. The summed E-state index contributed by atoms with van der Waals surface area (Å²) in [5.41, 5.74) is -2.94. The van der Waals surface area contributed by atoms with Crippen LogP contribution in [-0.2, 0) is 4.74 Å². The van der Waals surface area contributed by atoms with Gasteiger partial charge < -0.3 is 40.9 Å². The van der Waals surface area contributed by atoms with Gasteiger partial charge in [0.25, 0.3) is 0 Å². The Hall–Kier alpha value is -3.03. The number of nitrogens with one attached hydrogen (secondary N) is 5. The van der Waals surface area contributed by atoms with Gasteiger partial charge >= 0.3 is 5.97 Å². The largest absolute Gasteiger partial charge is 0.451 e. The van der Waals surface area contributed by atoms with Crippen molar-refractivity contribution in [1.82, 2.24) is 20.9 Å². The van der Waals surface area contributed by atoms with Crippen LogP contribution in [0.2, 0.25) is 0 Å². The van der Waals surface area contributed by atoms with Crippen LogP contribution in [0.15, 0.2) is 18.2 Å². The first-order valence-corrected chi connectivity index (χ1v) is 8.60. The molecule has 0 aliphatic carbocycles. The van der Waals surface area contributed by atoms with E-state index in [9.17, 15) is 28.9 Å². The highest BCUT2D eigenvalue weighted by Crippen LogP contribution is 2.44. The van der Waals surface area contributed by atoms with E-state index < -0.39 is 66.0 Å². The smallest absolute Gasteiger partial charge is 0.344 e. The molecule has 156 valence electrons. The highest BCUT2D eigenvalue weighted by molar-refractivity contribution is 5.91. The maximum absolute atomic E-state index is 13.9. The maximum atomic E-state index is 13.9. The van der Waals surface area contributed by atoms with Crippen LogP contribution in [0.3, 0.4) is 0 Å². The van der Waals surface area contributed by atoms with Gasteiger partial charge in [0.05, 0.1) is 25.2 Å². The van der Waals surface area contributed by atoms with E-state index in [-0.39, 0.29) is 11.9 Å². The molecule has 0 saturated carbocycles. The van der Waals surface area contributed by atoms with Crippen LogP contribution >= 0.6 is 0 Å². The summed E-state index contributed by atoms with van der Waals surface area (Å²) in [5, 5.41) is 55.3. The van der Waals surface area contributed by atoms with Crippen LogP contribution in [0.25, 0.3) is 0 Å². The molecule has 0 aromatic heterocycles. The number of ether oxygens (including phenoxy) is 1. The molecule has 3 fully saturated rings. The number of hydrogen-bond donors (Lipinski definition) is 8. The second-order valence-corrected chi connectivity index (χ2v) is 7.00. The van der Waals surface area contributed by atoms with Crippen molar-refractivity contribution in [2.75, 3.05) is 13.2 Å². The highest BCUT2D eigenvalue weighted by Gasteiger charge is 2.75. The van der Waals surface area contributed by atoms with Gasteiger partial charge in [-0.05, 0) is 12.1 Å². The quantitative estimate of drug-likeness (QED) is 0.198. The van der Waals surface area contributed by atoms with Crippen molar-refractivity contribution >= 4 is 17.9 Å². The average Bonchev–Trinajstić information content (AvgIpc) is 3.10. The Morgan fingerprint density at radius 2 is 1.93 bits per heavy atom. The van der Waals surface area contributed by atoms with Gasteiger partial charge in [-0.3, -0.25) is 10.8 Å². The first-order chi connectivity index (χ1) is 13.6. The molecule has 1 aromatic carbocycles. The fraction of sp³-hybridized carbons (Fsp3) is 0.438. The van der Waals surface area contributed by atoms with E-state index in [0.717, 1.165) is 23.1 Å². The summed E-state index contributed by atoms with van der Waals surface area (Å²) in [6.45, 7) is -0.942. The third-order valence-electron chi connectivity index (χ3n) is 5.46. The van der Waals surface area contributed by atoms with E-state index in [0.29, 0.717) is 0 Å². The Balaban J connectivity index is 1.71. The number of benzene rings is 1. The van der Waals surface area contributed by atoms with Gasteiger partial charge in [-0.15, -0.1) is 0 Å². The van der Waals surface area contributed by atoms with Crippen molar-refractivity contribution in [2.45, 2.75) is 29.6 Å². The Morgan fingerprint density at radius 1 is 1.28 bits per heavy atom. The van der Waals surface area contributed by atoms with E-state index >= 15 is 0 Å². The lowest BCUT2D eigenvalue weighted by molar-refractivity contribution is -0.258. The second kappa shape index (κ2) is 6.23. The number of halogens is 2. The number of carbonyl (C=O) groups is 1. The summed E-state index contributed by atoms with van der Waals surface area (Å²) < 4.78 is 32.8. The number of nitrogens with zero attached hydrogens (tertiary/aromatic N) is 1. The fourth-order valence-electron chi connectivity index (χ4n) is 4.15. The zero-order chi connectivity index (χ0) is 21.1. The normalized spacial score (nSPS) is 32.0. The van der Waals surface area contributed by atoms with Crippen LogP contribution in [0.4, 0.5) is 8.78 Å². The summed E-state index contributed by atoms with van der Waals surface area (Å²) in [4.78, 5) is 13.5. The Bertz CT molecular complexity index is 894. The topological polar surface area (TPSA) is 174 Å². The average molecular weight is 412 g/mol. The third-order valence-corrected chi connectivity index (χ3v) is 5.46. The van der Waals surface area contributed by atoms with Crippen LogP contribution in [-0.4, -0.2) is 80.9 Å². The zero-order valence-electron chi connectivity index (χ0n) is 14.7. The minimum Gasteiger partial charge on any atom is -0.451 e. The SMILES string of the molecule is N=C1NC2[C@H](CO)NC(=N)N3C[C@H](OC(=O)c4c(F)cccc4F)C(O)(O)[C@]23N1. The Morgan fingerprint density at radius 3 is 2.55 bits per heavy atom. The van der Waals surface area contributed by atoms with Gasteiger partial charge in [-0.2, -0.15) is 0 Å². The molecule has 1 unspecified atom stereocenters. The summed E-state index contributed by atoms with van der Waals surface area (Å²) >= 11 is 0. The predicted molar refractivity (Wildman–Crippen MR) is 91.7 cm³/mol. The van der Waals surface area contributed by atoms with E-state index in [2.05, 4.69) is 16.0 Å². The number of carbonyl (C=O) groups excluding carboxylic acids is 1. The van der Waals surface area contributed by atoms with Crippen LogP contribution < -0.4 is 16.0 Å². The van der Waals surface area contributed by atoms with Crippen LogP contribution in [0.5, 0.6) is 0 Å². The molecule has 0 amide bonds. The lowest BCUT2D eigenvalue weighted by Crippen LogP contribution is -2.80. The molecule has 13 heteroatoms. The van der Waals surface area contributed by atoms with Crippen molar-refractivity contribution in [3.63, 3.8) is 0 Å². The number of rotatable bonds is 3. The molecular weight excluding hydrogens is 394 g/mol. The molecular formula is C16H18F2N6O5. The minimum absolute atomic E-state index is 0.311. The lowest BCUT2D eigenvalue weighted by Gasteiger charge is -2.50. The summed E-state index contributed by atoms with van der Waals surface area (Å²) in [7, 11) is 0. The van der Waals surface area contributed by atoms with Crippen LogP contribution in [0, 0.1) is 22.5 Å². The Kier molecular flexibility index (Phi) is 4.15. The fourth-order valence-corrected chi connectivity index (χ4v) is 4.15. The first kappa shape index (κ1) is 19.3. The van der Waals surface area contributed by atoms with Crippen LogP contribution in [0.1, 0.15) is 10.4 Å². The summed E-state index contributed by atoms with van der Waals surface area (Å²) in [6.07, 6.45) is -1.74. The molecule has 3 aliphatic rings. The van der Waals surface area contributed by atoms with Gasteiger partial charge in [-0.1, -0.05) is 6.07 Å². The monoisotopic (exact) mass is 412 g/mol. The van der Waals surface area contributed by atoms with Crippen molar-refractivity contribution in [1.29, 1.82) is 10.8 Å². The molecule has 11 nitrogen and oxygen atoms in total. The van der Waals surface area contributed by atoms with E-state index in [1.165, 1.54) is 0 Å². The van der Waals surface area contributed by atoms with Crippen molar-refractivity contribution in [2.24, 2.45) is 0 Å². The van der Waals surface area contributed by atoms with E-state index in [1.54, 1.807) is 0 Å². The predicted octanol–water partition coefficient (Wildman–Crippen LogP) is -2.42. The molecule has 4 rings (SSSR count). The van der Waals surface area contributed by atoms with E-state index in [4.69, 9.17) is 15.6 Å². The number of guanidine groups is 2. The highest BCUT2D eigenvalue weighted by atomic mass is 19.1. The van der Waals surface area contributed by atoms with E-state index in [1.807, 2.05) is 0 Å². The zero-order valence-corrected chi connectivity index (χ0v) is 14.7. The standard InChI is InChI=1S/C16H18F2N6O5/c17-6-2-1-3-7(18)10(6)12(26)29-9-4-24-14(20)21-8(5-25)11-15(24,16(9,27)28)23-13(19)22-11/h1-3,8-9,11,25,27-28H,4-5H2,(H2,20,21)(H3,19,22,23)/t8-,9-,11?,15-/m0/s1. The van der Waals surface area contributed by atoms with Gasteiger partial charge in [0.15, 0.2) is 23.7 Å². The maximum Gasteiger partial charge on any atom is 0.344 e. The van der Waals surface area contributed by atoms with Crippen molar-refractivity contribution in [3.05, 3.63) is 35.4 Å². The number of aliphatic hydroxyl groups excluding tert-OH is 1. The molecule has 29 heavy (non-hydrogen) atoms. The van der Waals surface area contributed by atoms with Gasteiger partial charge in [0.2, 0.25) is 5.79 Å². The molecule has 0 bridgehead atoms. The minimum atomic E-state index is -2.90. The van der Waals surface area contributed by atoms with Crippen molar-refractivity contribution < 1.29 is 33.6 Å². The molecule has 3 aliphatic heterocycles. The number of hydrogen-bond acceptors (Lipinski definition) is 7. The lowest BCUT2D eigenvalue weighted by atomic mass is 9.85. The first-order valence-electron chi connectivity index (χ1n) is 8.60. The molecule has 1 aromatic rings. The summed E-state index contributed by atoms with van der Waals surface area (Å²) in [5.74, 6) is -7.35. The van der Waals surface area contributed by atoms with Gasteiger partial charge in [0.1, 0.15) is 17.2 Å². The molecule has 8 N–H and O–H groups in total. The van der Waals surface area contributed by atoms with Crippen molar-refractivity contribution in [3.8, 4) is 0 Å². The molecule has 3 heterocycles. The molecule has 3 saturated heterocycles. The number of esters is 1. The number of aliphatic hydroxyl groups is 3. The van der Waals surface area contributed by atoms with Gasteiger partial charge in [0, 0.05) is 0 Å². The molecule has 4 atom stereocenters. The third kappa shape index (κ3) is 2.47.